The third-order valence-corrected chi connectivity index (χ3v) is 6.88. The lowest BCUT2D eigenvalue weighted by molar-refractivity contribution is -0.137. The first-order valence-electron chi connectivity index (χ1n) is 12.9. The van der Waals surface area contributed by atoms with E-state index < -0.39 is 12.0 Å². The van der Waals surface area contributed by atoms with Gasteiger partial charge in [0.2, 0.25) is 0 Å². The highest BCUT2D eigenvalue weighted by molar-refractivity contribution is 5.94. The fraction of sp³-hybridized carbons (Fsp3) is 0.593. The van der Waals surface area contributed by atoms with Gasteiger partial charge in [-0.3, -0.25) is 14.3 Å². The number of rotatable bonds is 13. The third kappa shape index (κ3) is 7.22. The molecule has 1 aromatic heterocycles. The van der Waals surface area contributed by atoms with Crippen molar-refractivity contribution in [3.63, 3.8) is 0 Å². The molecule has 2 N–H and O–H groups in total. The Hall–Kier alpha value is -3.07. The molecular weight excluding hydrogens is 460 g/mol. The van der Waals surface area contributed by atoms with Crippen molar-refractivity contribution in [3.8, 4) is 22.8 Å². The van der Waals surface area contributed by atoms with Crippen LogP contribution in [0.5, 0.6) is 11.5 Å². The van der Waals surface area contributed by atoms with E-state index in [0.717, 1.165) is 37.3 Å². The van der Waals surface area contributed by atoms with E-state index in [-0.39, 0.29) is 18.0 Å². The van der Waals surface area contributed by atoms with Crippen molar-refractivity contribution in [3.05, 3.63) is 30.0 Å². The Balaban J connectivity index is 1.87. The maximum Gasteiger partial charge on any atom is 0.305 e. The number of carboxylic acid groups (broad SMARTS) is 1. The van der Waals surface area contributed by atoms with Crippen LogP contribution in [0, 0.1) is 5.92 Å². The standard InChI is InChI=1S/C27H40N4O5/c1-5-19(2)18-31-22(26-23(35-3)10-9-11-24(26)36-4)17-21(29-31)27(34)28-20(16-25(32)33)12-15-30-13-7-6-8-14-30/h9-11,17,19-20H,5-8,12-16,18H2,1-4H3,(H,28,34)(H,32,33)/t19?,20-/m0/s1. The molecule has 2 heterocycles. The average Bonchev–Trinajstić information content (AvgIpc) is 3.30. The Bertz CT molecular complexity index is 993. The molecule has 3 rings (SSSR count). The summed E-state index contributed by atoms with van der Waals surface area (Å²) in [4.78, 5) is 27.1. The molecule has 1 aliphatic heterocycles. The van der Waals surface area contributed by atoms with E-state index in [1.54, 1.807) is 20.3 Å². The van der Waals surface area contributed by atoms with E-state index in [0.29, 0.717) is 30.4 Å². The van der Waals surface area contributed by atoms with Crippen LogP contribution in [0.2, 0.25) is 0 Å². The predicted molar refractivity (Wildman–Crippen MR) is 139 cm³/mol. The number of likely N-dealkylation sites (tertiary alicyclic amines) is 1. The highest BCUT2D eigenvalue weighted by Crippen LogP contribution is 2.39. The fourth-order valence-electron chi connectivity index (χ4n) is 4.61. The Morgan fingerprint density at radius 2 is 1.81 bits per heavy atom. The molecule has 0 saturated carbocycles. The molecule has 9 nitrogen and oxygen atoms in total. The first kappa shape index (κ1) is 27.5. The van der Waals surface area contributed by atoms with Gasteiger partial charge in [-0.05, 0) is 56.5 Å². The monoisotopic (exact) mass is 500 g/mol. The minimum absolute atomic E-state index is 0.125. The van der Waals surface area contributed by atoms with Crippen LogP contribution in [0.25, 0.3) is 11.3 Å². The second-order valence-corrected chi connectivity index (χ2v) is 9.61. The molecule has 1 amide bonds. The maximum atomic E-state index is 13.3. The number of nitrogens with zero attached hydrogens (tertiary/aromatic N) is 3. The fourth-order valence-corrected chi connectivity index (χ4v) is 4.61. The molecule has 0 aliphatic carbocycles. The van der Waals surface area contributed by atoms with E-state index in [2.05, 4.69) is 29.2 Å². The average molecular weight is 501 g/mol. The van der Waals surface area contributed by atoms with Crippen LogP contribution in [-0.2, 0) is 11.3 Å². The van der Waals surface area contributed by atoms with E-state index >= 15 is 0 Å². The number of hydrogen-bond acceptors (Lipinski definition) is 6. The molecular formula is C27H40N4O5. The molecule has 198 valence electrons. The van der Waals surface area contributed by atoms with Crippen LogP contribution < -0.4 is 14.8 Å². The van der Waals surface area contributed by atoms with Gasteiger partial charge in [-0.15, -0.1) is 0 Å². The number of nitrogens with one attached hydrogen (secondary N) is 1. The lowest BCUT2D eigenvalue weighted by Crippen LogP contribution is -2.40. The molecule has 1 aliphatic rings. The van der Waals surface area contributed by atoms with Gasteiger partial charge in [-0.25, -0.2) is 0 Å². The summed E-state index contributed by atoms with van der Waals surface area (Å²) in [6, 6.07) is 6.81. The van der Waals surface area contributed by atoms with Gasteiger partial charge in [0.1, 0.15) is 11.5 Å². The smallest absolute Gasteiger partial charge is 0.305 e. The van der Waals surface area contributed by atoms with E-state index in [9.17, 15) is 14.7 Å². The first-order chi connectivity index (χ1) is 17.4. The number of methoxy groups -OCH3 is 2. The van der Waals surface area contributed by atoms with E-state index in [1.165, 1.54) is 19.3 Å². The van der Waals surface area contributed by atoms with Gasteiger partial charge in [0.05, 0.1) is 31.9 Å². The predicted octanol–water partition coefficient (Wildman–Crippen LogP) is 4.06. The van der Waals surface area contributed by atoms with Gasteiger partial charge in [-0.1, -0.05) is 32.8 Å². The lowest BCUT2D eigenvalue weighted by Gasteiger charge is -2.28. The Morgan fingerprint density at radius 1 is 1.14 bits per heavy atom. The SMILES string of the molecule is CCC(C)Cn1nc(C(=O)N[C@@H](CCN2CCCCC2)CC(=O)O)cc1-c1c(OC)cccc1OC. The minimum atomic E-state index is -0.930. The molecule has 0 bridgehead atoms. The van der Waals surface area contributed by atoms with Crippen molar-refractivity contribution in [1.29, 1.82) is 0 Å². The highest BCUT2D eigenvalue weighted by atomic mass is 16.5. The number of carboxylic acids is 1. The molecule has 2 atom stereocenters. The Morgan fingerprint density at radius 3 is 2.39 bits per heavy atom. The van der Waals surface area contributed by atoms with Crippen molar-refractivity contribution in [2.24, 2.45) is 5.92 Å². The number of piperidine rings is 1. The Labute approximate surface area is 213 Å². The number of benzene rings is 1. The topological polar surface area (TPSA) is 106 Å². The van der Waals surface area contributed by atoms with Gasteiger partial charge in [0.25, 0.3) is 5.91 Å². The highest BCUT2D eigenvalue weighted by Gasteiger charge is 2.25. The first-order valence-corrected chi connectivity index (χ1v) is 12.9. The van der Waals surface area contributed by atoms with Gasteiger partial charge < -0.3 is 24.8 Å². The molecule has 0 radical (unpaired) electrons. The number of ether oxygens (including phenoxy) is 2. The normalized spacial score (nSPS) is 15.8. The summed E-state index contributed by atoms with van der Waals surface area (Å²) in [5.74, 6) is 0.275. The number of carbonyl (C=O) groups is 2. The maximum absolute atomic E-state index is 13.3. The molecule has 1 saturated heterocycles. The summed E-state index contributed by atoms with van der Waals surface area (Å²) in [5, 5.41) is 17.0. The number of hydrogen-bond donors (Lipinski definition) is 2. The van der Waals surface area contributed by atoms with Crippen LogP contribution >= 0.6 is 0 Å². The van der Waals surface area contributed by atoms with Crippen LogP contribution in [0.3, 0.4) is 0 Å². The van der Waals surface area contributed by atoms with E-state index in [4.69, 9.17) is 9.47 Å². The molecule has 2 aromatic rings. The van der Waals surface area contributed by atoms with Gasteiger partial charge in [0.15, 0.2) is 5.69 Å². The second-order valence-electron chi connectivity index (χ2n) is 9.61. The van der Waals surface area contributed by atoms with Crippen LogP contribution in [-0.4, -0.2) is 71.6 Å². The van der Waals surface area contributed by atoms with Crippen molar-refractivity contribution in [2.75, 3.05) is 33.9 Å². The zero-order valence-electron chi connectivity index (χ0n) is 22.0. The third-order valence-electron chi connectivity index (χ3n) is 6.88. The van der Waals surface area contributed by atoms with Crippen LogP contribution in [0.4, 0.5) is 0 Å². The molecule has 36 heavy (non-hydrogen) atoms. The van der Waals surface area contributed by atoms with E-state index in [1.807, 2.05) is 22.9 Å². The van der Waals surface area contributed by atoms with Crippen LogP contribution in [0.15, 0.2) is 24.3 Å². The zero-order chi connectivity index (χ0) is 26.1. The molecule has 1 unspecified atom stereocenters. The van der Waals surface area contributed by atoms with Gasteiger partial charge in [-0.2, -0.15) is 5.10 Å². The zero-order valence-corrected chi connectivity index (χ0v) is 22.0. The number of aliphatic carboxylic acids is 1. The molecule has 1 fully saturated rings. The molecule has 0 spiro atoms. The van der Waals surface area contributed by atoms with Crippen molar-refractivity contribution >= 4 is 11.9 Å². The second kappa shape index (κ2) is 13.3. The number of carbonyl (C=O) groups excluding carboxylic acids is 1. The minimum Gasteiger partial charge on any atom is -0.496 e. The number of aromatic nitrogens is 2. The lowest BCUT2D eigenvalue weighted by atomic mass is 10.1. The largest absolute Gasteiger partial charge is 0.496 e. The van der Waals surface area contributed by atoms with Crippen LogP contribution in [0.1, 0.15) is 62.9 Å². The summed E-state index contributed by atoms with van der Waals surface area (Å²) < 4.78 is 13.0. The van der Waals surface area contributed by atoms with Gasteiger partial charge in [0, 0.05) is 19.1 Å². The summed E-state index contributed by atoms with van der Waals surface area (Å²) in [7, 11) is 3.19. The summed E-state index contributed by atoms with van der Waals surface area (Å²) in [5.41, 5.74) is 1.69. The van der Waals surface area contributed by atoms with Gasteiger partial charge >= 0.3 is 5.97 Å². The Kier molecular flexibility index (Phi) is 10.2. The molecule has 1 aromatic carbocycles. The summed E-state index contributed by atoms with van der Waals surface area (Å²) in [6.45, 7) is 7.69. The van der Waals surface area contributed by atoms with Crippen molar-refractivity contribution in [1.82, 2.24) is 20.0 Å². The molecule has 9 heteroatoms. The number of amides is 1. The quantitative estimate of drug-likeness (QED) is 0.427. The summed E-state index contributed by atoms with van der Waals surface area (Å²) >= 11 is 0. The summed E-state index contributed by atoms with van der Waals surface area (Å²) in [6.07, 6.45) is 4.99. The van der Waals surface area contributed by atoms with Crippen molar-refractivity contribution < 1.29 is 24.2 Å². The van der Waals surface area contributed by atoms with Crippen molar-refractivity contribution in [2.45, 2.75) is 65.0 Å².